The molecule has 1 aliphatic rings. The number of nitrogens with zero attached hydrogens (tertiary/aromatic N) is 1. The lowest BCUT2D eigenvalue weighted by Crippen LogP contribution is -2.27. The molecule has 0 spiro atoms. The number of hydrogen-bond donors (Lipinski definition) is 1. The number of carbonyl (C=O) groups is 2. The first-order chi connectivity index (χ1) is 14.7. The molecule has 1 fully saturated rings. The normalized spacial score (nSPS) is 13.3. The highest BCUT2D eigenvalue weighted by molar-refractivity contribution is 6.04. The zero-order chi connectivity index (χ0) is 21.2. The van der Waals surface area contributed by atoms with Crippen molar-refractivity contribution in [3.63, 3.8) is 0 Å². The van der Waals surface area contributed by atoms with E-state index in [2.05, 4.69) is 12.2 Å². The Kier molecular flexibility index (Phi) is 8.30. The van der Waals surface area contributed by atoms with E-state index in [4.69, 9.17) is 4.74 Å². The van der Waals surface area contributed by atoms with Crippen LogP contribution in [-0.4, -0.2) is 36.4 Å². The number of hydrogen-bond acceptors (Lipinski definition) is 3. The van der Waals surface area contributed by atoms with Crippen molar-refractivity contribution in [1.82, 2.24) is 4.90 Å². The van der Waals surface area contributed by atoms with Crippen LogP contribution in [0.25, 0.3) is 0 Å². The van der Waals surface area contributed by atoms with Crippen molar-refractivity contribution < 1.29 is 14.3 Å². The van der Waals surface area contributed by atoms with E-state index in [0.29, 0.717) is 23.4 Å². The number of benzene rings is 2. The van der Waals surface area contributed by atoms with Gasteiger partial charge >= 0.3 is 0 Å². The molecule has 0 atom stereocenters. The first-order valence-corrected chi connectivity index (χ1v) is 11.1. The monoisotopic (exact) mass is 408 g/mol. The van der Waals surface area contributed by atoms with Gasteiger partial charge in [-0.3, -0.25) is 9.59 Å². The van der Waals surface area contributed by atoms with Crippen molar-refractivity contribution in [1.29, 1.82) is 0 Å². The van der Waals surface area contributed by atoms with Crippen molar-refractivity contribution in [3.05, 3.63) is 59.7 Å². The fourth-order valence-electron chi connectivity index (χ4n) is 3.60. The average molecular weight is 409 g/mol. The van der Waals surface area contributed by atoms with Crippen LogP contribution in [0.1, 0.15) is 72.6 Å². The molecule has 0 aromatic heterocycles. The molecular weight excluding hydrogens is 376 g/mol. The molecule has 5 heteroatoms. The number of carbonyl (C=O) groups excluding carboxylic acids is 2. The summed E-state index contributed by atoms with van der Waals surface area (Å²) in [6.07, 6.45) is 8.17. The van der Waals surface area contributed by atoms with E-state index in [0.717, 1.165) is 38.1 Å². The fraction of sp³-hybridized carbons (Fsp3) is 0.440. The van der Waals surface area contributed by atoms with Gasteiger partial charge in [0.15, 0.2) is 0 Å². The topological polar surface area (TPSA) is 58.6 Å². The number of nitrogens with one attached hydrogen (secondary N) is 1. The molecule has 0 aliphatic carbocycles. The van der Waals surface area contributed by atoms with E-state index in [1.165, 1.54) is 25.7 Å². The van der Waals surface area contributed by atoms with Crippen LogP contribution in [0.5, 0.6) is 5.75 Å². The third kappa shape index (κ3) is 6.34. The summed E-state index contributed by atoms with van der Waals surface area (Å²) in [5, 5.41) is 2.88. The summed E-state index contributed by atoms with van der Waals surface area (Å²) in [7, 11) is 0. The maximum absolute atomic E-state index is 12.5. The van der Waals surface area contributed by atoms with E-state index in [-0.39, 0.29) is 11.8 Å². The minimum absolute atomic E-state index is 0.0614. The Morgan fingerprint density at radius 2 is 1.50 bits per heavy atom. The van der Waals surface area contributed by atoms with Crippen LogP contribution in [0.3, 0.4) is 0 Å². The lowest BCUT2D eigenvalue weighted by Gasteiger charge is -2.15. The quantitative estimate of drug-likeness (QED) is 0.526. The second kappa shape index (κ2) is 11.4. The second-order valence-electron chi connectivity index (χ2n) is 7.82. The zero-order valence-electron chi connectivity index (χ0n) is 17.9. The Labute approximate surface area is 179 Å². The Morgan fingerprint density at radius 3 is 2.17 bits per heavy atom. The highest BCUT2D eigenvalue weighted by Crippen LogP contribution is 2.17. The predicted molar refractivity (Wildman–Crippen MR) is 120 cm³/mol. The SMILES string of the molecule is CCCCCCCOc1ccc(C(=O)Nc2ccc(C(=O)N3CCCC3)cc2)cc1. The van der Waals surface area contributed by atoms with Gasteiger partial charge in [0, 0.05) is 29.9 Å². The highest BCUT2D eigenvalue weighted by atomic mass is 16.5. The van der Waals surface area contributed by atoms with Gasteiger partial charge in [0.25, 0.3) is 11.8 Å². The summed E-state index contributed by atoms with van der Waals surface area (Å²) >= 11 is 0. The number of likely N-dealkylation sites (tertiary alicyclic amines) is 1. The summed E-state index contributed by atoms with van der Waals surface area (Å²) in [5.41, 5.74) is 1.90. The standard InChI is InChI=1S/C25H32N2O3/c1-2-3-4-5-8-19-30-23-15-11-20(12-16-23)24(28)26-22-13-9-21(10-14-22)25(29)27-17-6-7-18-27/h9-16H,2-8,17-19H2,1H3,(H,26,28). The van der Waals surface area contributed by atoms with Gasteiger partial charge in [0.2, 0.25) is 0 Å². The largest absolute Gasteiger partial charge is 0.494 e. The molecule has 1 saturated heterocycles. The third-order valence-corrected chi connectivity index (χ3v) is 5.42. The van der Waals surface area contributed by atoms with Crippen LogP contribution in [0.2, 0.25) is 0 Å². The zero-order valence-corrected chi connectivity index (χ0v) is 17.9. The Bertz CT molecular complexity index is 809. The number of anilines is 1. The van der Waals surface area contributed by atoms with Crippen LogP contribution < -0.4 is 10.1 Å². The van der Waals surface area contributed by atoms with E-state index in [1.54, 1.807) is 36.4 Å². The van der Waals surface area contributed by atoms with Crippen LogP contribution in [0, 0.1) is 0 Å². The van der Waals surface area contributed by atoms with Crippen molar-refractivity contribution in [2.75, 3.05) is 25.0 Å². The molecule has 0 bridgehead atoms. The van der Waals surface area contributed by atoms with Gasteiger partial charge in [-0.1, -0.05) is 32.6 Å². The molecule has 30 heavy (non-hydrogen) atoms. The number of ether oxygens (including phenoxy) is 1. The first-order valence-electron chi connectivity index (χ1n) is 11.1. The number of amides is 2. The van der Waals surface area contributed by atoms with E-state index < -0.39 is 0 Å². The summed E-state index contributed by atoms with van der Waals surface area (Å²) in [4.78, 5) is 26.8. The Balaban J connectivity index is 1.46. The number of rotatable bonds is 10. The lowest BCUT2D eigenvalue weighted by molar-refractivity contribution is 0.0792. The minimum Gasteiger partial charge on any atom is -0.494 e. The molecule has 2 amide bonds. The van der Waals surface area contributed by atoms with Crippen molar-refractivity contribution in [2.24, 2.45) is 0 Å². The average Bonchev–Trinajstić information content (AvgIpc) is 3.31. The van der Waals surface area contributed by atoms with Gasteiger partial charge in [0.1, 0.15) is 5.75 Å². The second-order valence-corrected chi connectivity index (χ2v) is 7.82. The lowest BCUT2D eigenvalue weighted by atomic mass is 10.1. The van der Waals surface area contributed by atoms with E-state index in [1.807, 2.05) is 17.0 Å². The van der Waals surface area contributed by atoms with Crippen molar-refractivity contribution >= 4 is 17.5 Å². The highest BCUT2D eigenvalue weighted by Gasteiger charge is 2.19. The fourth-order valence-corrected chi connectivity index (χ4v) is 3.60. The molecule has 3 rings (SSSR count). The summed E-state index contributed by atoms with van der Waals surface area (Å²) in [5.74, 6) is 0.665. The molecule has 2 aromatic rings. The van der Waals surface area contributed by atoms with Gasteiger partial charge in [-0.25, -0.2) is 0 Å². The maximum atomic E-state index is 12.5. The van der Waals surface area contributed by atoms with Gasteiger partial charge in [-0.05, 0) is 67.8 Å². The molecule has 1 aliphatic heterocycles. The summed E-state index contributed by atoms with van der Waals surface area (Å²) in [6, 6.07) is 14.3. The van der Waals surface area contributed by atoms with Crippen molar-refractivity contribution in [2.45, 2.75) is 51.9 Å². The molecule has 5 nitrogen and oxygen atoms in total. The van der Waals surface area contributed by atoms with E-state index in [9.17, 15) is 9.59 Å². The Hall–Kier alpha value is -2.82. The van der Waals surface area contributed by atoms with Crippen LogP contribution in [0.4, 0.5) is 5.69 Å². The number of unbranched alkanes of at least 4 members (excludes halogenated alkanes) is 4. The molecule has 0 saturated carbocycles. The van der Waals surface area contributed by atoms with E-state index >= 15 is 0 Å². The smallest absolute Gasteiger partial charge is 0.255 e. The van der Waals surface area contributed by atoms with Gasteiger partial charge < -0.3 is 15.0 Å². The Morgan fingerprint density at radius 1 is 0.867 bits per heavy atom. The third-order valence-electron chi connectivity index (χ3n) is 5.42. The molecule has 0 radical (unpaired) electrons. The molecule has 160 valence electrons. The van der Waals surface area contributed by atoms with Gasteiger partial charge in [-0.2, -0.15) is 0 Å². The van der Waals surface area contributed by atoms with Crippen LogP contribution >= 0.6 is 0 Å². The van der Waals surface area contributed by atoms with Gasteiger partial charge in [0.05, 0.1) is 6.61 Å². The molecular formula is C25H32N2O3. The maximum Gasteiger partial charge on any atom is 0.255 e. The van der Waals surface area contributed by atoms with Crippen molar-refractivity contribution in [3.8, 4) is 5.75 Å². The molecule has 0 unspecified atom stereocenters. The van der Waals surface area contributed by atoms with Crippen LogP contribution in [-0.2, 0) is 0 Å². The molecule has 1 N–H and O–H groups in total. The summed E-state index contributed by atoms with van der Waals surface area (Å²) < 4.78 is 5.75. The van der Waals surface area contributed by atoms with Gasteiger partial charge in [-0.15, -0.1) is 0 Å². The first kappa shape index (κ1) is 21.9. The molecule has 1 heterocycles. The predicted octanol–water partition coefficient (Wildman–Crippen LogP) is 5.52. The summed E-state index contributed by atoms with van der Waals surface area (Å²) in [6.45, 7) is 4.57. The minimum atomic E-state index is -0.181. The molecule has 2 aromatic carbocycles. The van der Waals surface area contributed by atoms with Crippen LogP contribution in [0.15, 0.2) is 48.5 Å².